The number of nitriles is 1. The summed E-state index contributed by atoms with van der Waals surface area (Å²) in [5.41, 5.74) is -0.119. The van der Waals surface area contributed by atoms with Crippen molar-refractivity contribution in [3.8, 4) is 6.07 Å². The lowest BCUT2D eigenvalue weighted by Gasteiger charge is -2.10. The van der Waals surface area contributed by atoms with Crippen LogP contribution < -0.4 is 0 Å². The number of hydrogen-bond donors (Lipinski definition) is 0. The molecule has 0 spiro atoms. The topological polar surface area (TPSA) is 26.8 Å². The van der Waals surface area contributed by atoms with E-state index in [1.807, 2.05) is 0 Å². The van der Waals surface area contributed by atoms with Gasteiger partial charge in [-0.25, -0.2) is 0 Å². The summed E-state index contributed by atoms with van der Waals surface area (Å²) in [6.07, 6.45) is 0.925. The Hall–Kier alpha value is -0.550. The quantitative estimate of drug-likeness (QED) is 0.588. The molecule has 1 saturated heterocycles. The van der Waals surface area contributed by atoms with E-state index >= 15 is 0 Å². The minimum Gasteiger partial charge on any atom is -0.273 e. The smallest absolute Gasteiger partial charge is 0.127 e. The van der Waals surface area contributed by atoms with Crippen LogP contribution in [0.4, 0.5) is 0 Å². The number of nitrogens with zero attached hydrogens (tertiary/aromatic N) is 2. The monoisotopic (exact) mass is 166 g/mol. The first-order valence-electron chi connectivity index (χ1n) is 4.64. The average molecular weight is 166 g/mol. The van der Waals surface area contributed by atoms with Gasteiger partial charge in [0.2, 0.25) is 0 Å². The summed E-state index contributed by atoms with van der Waals surface area (Å²) in [4.78, 5) is 2.29. The molecule has 12 heavy (non-hydrogen) atoms. The van der Waals surface area contributed by atoms with Crippen LogP contribution in [0.15, 0.2) is 0 Å². The summed E-state index contributed by atoms with van der Waals surface area (Å²) in [5, 5.41) is 9.12. The third-order valence-electron chi connectivity index (χ3n) is 3.19. The van der Waals surface area contributed by atoms with Crippen LogP contribution in [0.5, 0.6) is 0 Å². The van der Waals surface area contributed by atoms with Crippen molar-refractivity contribution in [2.75, 3.05) is 0 Å². The van der Waals surface area contributed by atoms with Crippen molar-refractivity contribution >= 4 is 0 Å². The van der Waals surface area contributed by atoms with E-state index in [0.717, 1.165) is 6.42 Å². The van der Waals surface area contributed by atoms with Crippen molar-refractivity contribution in [3.63, 3.8) is 0 Å². The molecule has 68 valence electrons. The fourth-order valence-corrected chi connectivity index (χ4v) is 2.64. The molecule has 0 radical (unpaired) electrons. The van der Waals surface area contributed by atoms with Gasteiger partial charge in [-0.05, 0) is 34.1 Å². The molecule has 0 N–H and O–H groups in total. The minimum absolute atomic E-state index is 0.0741. The van der Waals surface area contributed by atoms with E-state index in [-0.39, 0.29) is 11.1 Å². The van der Waals surface area contributed by atoms with E-state index in [9.17, 15) is 0 Å². The second kappa shape index (κ2) is 2.47. The van der Waals surface area contributed by atoms with Gasteiger partial charge in [0.15, 0.2) is 0 Å². The summed E-state index contributed by atoms with van der Waals surface area (Å²) < 4.78 is 0. The van der Waals surface area contributed by atoms with Crippen molar-refractivity contribution in [2.24, 2.45) is 0 Å². The SMILES string of the molecule is CCC1(C#N)N(C(C)C)C1(C)C. The van der Waals surface area contributed by atoms with Gasteiger partial charge in [0.05, 0.1) is 6.07 Å². The zero-order valence-corrected chi connectivity index (χ0v) is 8.68. The van der Waals surface area contributed by atoms with Gasteiger partial charge >= 0.3 is 0 Å². The first kappa shape index (κ1) is 9.54. The summed E-state index contributed by atoms with van der Waals surface area (Å²) in [6.45, 7) is 10.7. The van der Waals surface area contributed by atoms with Gasteiger partial charge < -0.3 is 0 Å². The first-order valence-corrected chi connectivity index (χ1v) is 4.64. The van der Waals surface area contributed by atoms with E-state index in [1.54, 1.807) is 0 Å². The Morgan fingerprint density at radius 2 is 1.92 bits per heavy atom. The Morgan fingerprint density at radius 3 is 2.00 bits per heavy atom. The van der Waals surface area contributed by atoms with Gasteiger partial charge in [-0.15, -0.1) is 0 Å². The van der Waals surface area contributed by atoms with Gasteiger partial charge in [0.25, 0.3) is 0 Å². The second-order valence-corrected chi connectivity index (χ2v) is 4.35. The predicted octanol–water partition coefficient (Wildman–Crippen LogP) is 2.16. The molecule has 0 aromatic rings. The van der Waals surface area contributed by atoms with E-state index in [2.05, 4.69) is 45.6 Å². The maximum absolute atomic E-state index is 9.12. The Balaban J connectivity index is 2.91. The van der Waals surface area contributed by atoms with E-state index in [4.69, 9.17) is 5.26 Å². The van der Waals surface area contributed by atoms with Gasteiger partial charge in [0, 0.05) is 11.6 Å². The highest BCUT2D eigenvalue weighted by molar-refractivity contribution is 5.35. The lowest BCUT2D eigenvalue weighted by molar-refractivity contribution is 0.347. The third-order valence-corrected chi connectivity index (χ3v) is 3.19. The maximum atomic E-state index is 9.12. The molecule has 1 rings (SSSR count). The molecule has 1 aliphatic rings. The molecule has 1 heterocycles. The number of hydrogen-bond acceptors (Lipinski definition) is 2. The fraction of sp³-hybridized carbons (Fsp3) is 0.900. The van der Waals surface area contributed by atoms with E-state index in [1.165, 1.54) is 0 Å². The molecule has 1 fully saturated rings. The Morgan fingerprint density at radius 1 is 1.42 bits per heavy atom. The summed E-state index contributed by atoms with van der Waals surface area (Å²) in [7, 11) is 0. The molecule has 0 aromatic carbocycles. The molecule has 2 nitrogen and oxygen atoms in total. The number of rotatable bonds is 2. The highest BCUT2D eigenvalue weighted by atomic mass is 15.5. The summed E-state index contributed by atoms with van der Waals surface area (Å²) >= 11 is 0. The summed E-state index contributed by atoms with van der Waals surface area (Å²) in [6, 6.07) is 2.92. The molecule has 0 aliphatic carbocycles. The molecule has 0 amide bonds. The highest BCUT2D eigenvalue weighted by Crippen LogP contribution is 2.54. The lowest BCUT2D eigenvalue weighted by Crippen LogP contribution is -2.20. The Labute approximate surface area is 75.2 Å². The van der Waals surface area contributed by atoms with Crippen LogP contribution in [0.3, 0.4) is 0 Å². The molecule has 2 unspecified atom stereocenters. The van der Waals surface area contributed by atoms with Gasteiger partial charge in [-0.1, -0.05) is 6.92 Å². The average Bonchev–Trinajstić information content (AvgIpc) is 2.47. The Kier molecular flexibility index (Phi) is 1.96. The standard InChI is InChI=1S/C10H18N2/c1-6-10(7-11)9(4,5)12(10)8(2)3/h8H,6H2,1-5H3. The molecule has 2 heteroatoms. The maximum Gasteiger partial charge on any atom is 0.127 e. The highest BCUT2D eigenvalue weighted by Gasteiger charge is 2.69. The molecule has 2 atom stereocenters. The largest absolute Gasteiger partial charge is 0.273 e. The van der Waals surface area contributed by atoms with Crippen LogP contribution in [0, 0.1) is 11.3 Å². The fourth-order valence-electron chi connectivity index (χ4n) is 2.64. The van der Waals surface area contributed by atoms with Crippen LogP contribution in [0.1, 0.15) is 41.0 Å². The van der Waals surface area contributed by atoms with Crippen LogP contribution in [0.2, 0.25) is 0 Å². The van der Waals surface area contributed by atoms with Crippen molar-refractivity contribution in [1.82, 2.24) is 4.90 Å². The molecular formula is C10H18N2. The molecule has 0 aromatic heterocycles. The first-order chi connectivity index (χ1) is 5.44. The van der Waals surface area contributed by atoms with Gasteiger partial charge in [0.1, 0.15) is 5.54 Å². The second-order valence-electron chi connectivity index (χ2n) is 4.35. The van der Waals surface area contributed by atoms with Crippen LogP contribution >= 0.6 is 0 Å². The normalized spacial score (nSPS) is 37.9. The lowest BCUT2D eigenvalue weighted by atomic mass is 9.95. The zero-order chi connectivity index (χ0) is 9.57. The van der Waals surface area contributed by atoms with Crippen LogP contribution in [-0.4, -0.2) is 22.0 Å². The van der Waals surface area contributed by atoms with Crippen molar-refractivity contribution in [2.45, 2.75) is 58.2 Å². The van der Waals surface area contributed by atoms with Gasteiger partial charge in [-0.2, -0.15) is 5.26 Å². The molecule has 1 aliphatic heterocycles. The third kappa shape index (κ3) is 0.834. The molecule has 0 saturated carbocycles. The van der Waals surface area contributed by atoms with Crippen molar-refractivity contribution < 1.29 is 0 Å². The van der Waals surface area contributed by atoms with Gasteiger partial charge in [-0.3, -0.25) is 4.90 Å². The van der Waals surface area contributed by atoms with E-state index in [0.29, 0.717) is 6.04 Å². The van der Waals surface area contributed by atoms with Crippen molar-refractivity contribution in [3.05, 3.63) is 0 Å². The van der Waals surface area contributed by atoms with Crippen LogP contribution in [-0.2, 0) is 0 Å². The Bertz CT molecular complexity index is 224. The molecular weight excluding hydrogens is 148 g/mol. The van der Waals surface area contributed by atoms with E-state index < -0.39 is 0 Å². The zero-order valence-electron chi connectivity index (χ0n) is 8.68. The van der Waals surface area contributed by atoms with Crippen LogP contribution in [0.25, 0.3) is 0 Å². The van der Waals surface area contributed by atoms with Crippen molar-refractivity contribution in [1.29, 1.82) is 5.26 Å². The molecule has 0 bridgehead atoms. The predicted molar refractivity (Wildman–Crippen MR) is 49.7 cm³/mol. The minimum atomic E-state index is -0.193. The summed E-state index contributed by atoms with van der Waals surface area (Å²) in [5.74, 6) is 0.